The van der Waals surface area contributed by atoms with E-state index in [2.05, 4.69) is 27.7 Å². The monoisotopic (exact) mass is 523 g/mol. The van der Waals surface area contributed by atoms with Gasteiger partial charge in [0.2, 0.25) is 5.91 Å². The molecular formula is C27H41NO7S. The molecule has 0 saturated heterocycles. The van der Waals surface area contributed by atoms with Crippen molar-refractivity contribution in [3.05, 3.63) is 23.5 Å². The number of aliphatic carboxylic acids is 1. The number of carbonyl (C=O) groups is 2. The number of rotatable bonds is 7. The van der Waals surface area contributed by atoms with Crippen molar-refractivity contribution < 1.29 is 31.8 Å². The Hall–Kier alpha value is -1.87. The molecule has 0 spiro atoms. The van der Waals surface area contributed by atoms with E-state index in [-0.39, 0.29) is 29.2 Å². The molecule has 9 heteroatoms. The molecule has 5 atom stereocenters. The molecule has 36 heavy (non-hydrogen) atoms. The normalized spacial score (nSPS) is 37.3. The molecule has 0 aromatic carbocycles. The van der Waals surface area contributed by atoms with Gasteiger partial charge in [-0.3, -0.25) is 14.1 Å². The minimum Gasteiger partial charge on any atom is -0.480 e. The fourth-order valence-electron chi connectivity index (χ4n) is 8.86. The minimum atomic E-state index is -4.59. The van der Waals surface area contributed by atoms with Gasteiger partial charge in [-0.05, 0) is 96.5 Å². The summed E-state index contributed by atoms with van der Waals surface area (Å²) in [4.78, 5) is 24.7. The standard InChI is InChI=1S/C27H41NO7S/c1-25(2)11-5-12-27(4)21(25)10-13-26(3)20(19(7-9-22(26)27)17-35-36(32,33)34)8-6-18-14-23(29)28(15-18)16-24(30)31/h14,17,20-22H,5-13,15-16H2,1-4H3,(H,30,31)(H,32,33,34)/b19-17+/t20-,21-,22-,26+,27-/m0/s1. The van der Waals surface area contributed by atoms with Gasteiger partial charge in [0.1, 0.15) is 12.8 Å². The molecule has 4 rings (SSSR count). The molecule has 202 valence electrons. The molecule has 0 radical (unpaired) electrons. The van der Waals surface area contributed by atoms with Crippen LogP contribution >= 0.6 is 0 Å². The molecule has 1 aliphatic heterocycles. The third-order valence-corrected chi connectivity index (χ3v) is 10.6. The Morgan fingerprint density at radius 3 is 2.53 bits per heavy atom. The third-order valence-electron chi connectivity index (χ3n) is 10.2. The maximum absolute atomic E-state index is 12.3. The number of amides is 1. The Morgan fingerprint density at radius 2 is 1.86 bits per heavy atom. The van der Waals surface area contributed by atoms with Gasteiger partial charge in [-0.1, -0.05) is 34.1 Å². The van der Waals surface area contributed by atoms with E-state index in [1.807, 2.05) is 0 Å². The van der Waals surface area contributed by atoms with Gasteiger partial charge in [0.25, 0.3) is 0 Å². The number of hydrogen-bond donors (Lipinski definition) is 2. The van der Waals surface area contributed by atoms with E-state index in [4.69, 9.17) is 9.29 Å². The molecule has 3 aliphatic carbocycles. The fraction of sp³-hybridized carbons (Fsp3) is 0.778. The first-order valence-electron chi connectivity index (χ1n) is 13.2. The second kappa shape index (κ2) is 9.46. The maximum Gasteiger partial charge on any atom is 0.445 e. The quantitative estimate of drug-likeness (QED) is 0.356. The molecule has 1 heterocycles. The molecule has 0 aromatic heterocycles. The highest BCUT2D eigenvalue weighted by Gasteiger charge is 2.61. The van der Waals surface area contributed by atoms with E-state index in [1.165, 1.54) is 30.4 Å². The van der Waals surface area contributed by atoms with Gasteiger partial charge in [0, 0.05) is 12.6 Å². The molecular weight excluding hydrogens is 482 g/mol. The fourth-order valence-corrected chi connectivity index (χ4v) is 9.11. The lowest BCUT2D eigenvalue weighted by atomic mass is 9.39. The molecule has 1 amide bonds. The van der Waals surface area contributed by atoms with Crippen molar-refractivity contribution in [2.24, 2.45) is 34.0 Å². The van der Waals surface area contributed by atoms with E-state index >= 15 is 0 Å². The molecule has 0 bridgehead atoms. The number of carbonyl (C=O) groups excluding carboxylic acids is 1. The largest absolute Gasteiger partial charge is 0.480 e. The van der Waals surface area contributed by atoms with Crippen LogP contribution in [0.4, 0.5) is 0 Å². The molecule has 0 unspecified atom stereocenters. The lowest BCUT2D eigenvalue weighted by Crippen LogP contribution is -2.58. The smallest absolute Gasteiger partial charge is 0.445 e. The lowest BCUT2D eigenvalue weighted by molar-refractivity contribution is -0.154. The number of hydrogen-bond acceptors (Lipinski definition) is 5. The van der Waals surface area contributed by atoms with Crippen molar-refractivity contribution in [1.82, 2.24) is 4.90 Å². The molecule has 3 saturated carbocycles. The summed E-state index contributed by atoms with van der Waals surface area (Å²) in [5, 5.41) is 9.08. The van der Waals surface area contributed by atoms with Crippen LogP contribution in [-0.2, 0) is 24.2 Å². The van der Waals surface area contributed by atoms with Gasteiger partial charge >= 0.3 is 16.4 Å². The van der Waals surface area contributed by atoms with Gasteiger partial charge in [0.05, 0.1) is 0 Å². The summed E-state index contributed by atoms with van der Waals surface area (Å²) in [7, 11) is -4.59. The van der Waals surface area contributed by atoms with Crippen molar-refractivity contribution >= 4 is 22.3 Å². The van der Waals surface area contributed by atoms with E-state index in [0.717, 1.165) is 36.8 Å². The molecule has 2 N–H and O–H groups in total. The first-order valence-corrected chi connectivity index (χ1v) is 14.6. The Kier molecular flexibility index (Phi) is 7.14. The lowest BCUT2D eigenvalue weighted by Gasteiger charge is -2.66. The molecule has 4 aliphatic rings. The number of carboxylic acid groups (broad SMARTS) is 1. The van der Waals surface area contributed by atoms with E-state index < -0.39 is 16.4 Å². The van der Waals surface area contributed by atoms with Crippen molar-refractivity contribution in [1.29, 1.82) is 0 Å². The molecule has 8 nitrogen and oxygen atoms in total. The number of fused-ring (bicyclic) bond motifs is 3. The van der Waals surface area contributed by atoms with Crippen LogP contribution in [0.15, 0.2) is 23.5 Å². The topological polar surface area (TPSA) is 121 Å². The molecule has 0 aromatic rings. The summed E-state index contributed by atoms with van der Waals surface area (Å²) >= 11 is 0. The second-order valence-electron chi connectivity index (χ2n) is 12.7. The van der Waals surface area contributed by atoms with Crippen molar-refractivity contribution in [3.63, 3.8) is 0 Å². The predicted octanol–water partition coefficient (Wildman–Crippen LogP) is 4.98. The van der Waals surface area contributed by atoms with Gasteiger partial charge in [0.15, 0.2) is 0 Å². The summed E-state index contributed by atoms with van der Waals surface area (Å²) in [6.45, 7) is 9.64. The Labute approximate surface area is 215 Å². The maximum atomic E-state index is 12.3. The summed E-state index contributed by atoms with van der Waals surface area (Å²) in [5.41, 5.74) is 2.26. The van der Waals surface area contributed by atoms with Crippen LogP contribution in [0.3, 0.4) is 0 Å². The summed E-state index contributed by atoms with van der Waals surface area (Å²) in [5.74, 6) is -0.127. The second-order valence-corrected chi connectivity index (χ2v) is 13.8. The van der Waals surface area contributed by atoms with Crippen LogP contribution in [0, 0.1) is 34.0 Å². The van der Waals surface area contributed by atoms with E-state index in [0.29, 0.717) is 36.6 Å². The highest BCUT2D eigenvalue weighted by Crippen LogP contribution is 2.69. The molecule has 3 fully saturated rings. The number of allylic oxidation sites excluding steroid dienone is 1. The number of carboxylic acids is 1. The summed E-state index contributed by atoms with van der Waals surface area (Å²) < 4.78 is 36.7. The zero-order chi connectivity index (χ0) is 26.5. The Balaban J connectivity index is 1.61. The van der Waals surface area contributed by atoms with Crippen LogP contribution in [-0.4, -0.2) is 47.9 Å². The van der Waals surface area contributed by atoms with Crippen LogP contribution in [0.25, 0.3) is 0 Å². The number of nitrogens with zero attached hydrogens (tertiary/aromatic N) is 1. The van der Waals surface area contributed by atoms with Crippen molar-refractivity contribution in [2.75, 3.05) is 13.1 Å². The van der Waals surface area contributed by atoms with Crippen molar-refractivity contribution in [3.8, 4) is 0 Å². The van der Waals surface area contributed by atoms with Gasteiger partial charge in [-0.25, -0.2) is 0 Å². The highest BCUT2D eigenvalue weighted by atomic mass is 32.3. The Morgan fingerprint density at radius 1 is 1.14 bits per heavy atom. The average Bonchev–Trinajstić information content (AvgIpc) is 3.08. The van der Waals surface area contributed by atoms with Crippen molar-refractivity contribution in [2.45, 2.75) is 85.5 Å². The van der Waals surface area contributed by atoms with Crippen LogP contribution in [0.1, 0.15) is 85.5 Å². The average molecular weight is 524 g/mol. The predicted molar refractivity (Wildman–Crippen MR) is 135 cm³/mol. The van der Waals surface area contributed by atoms with E-state index in [9.17, 15) is 22.6 Å². The minimum absolute atomic E-state index is 0.0466. The zero-order valence-electron chi connectivity index (χ0n) is 22.0. The summed E-state index contributed by atoms with van der Waals surface area (Å²) in [6, 6.07) is 0. The van der Waals surface area contributed by atoms with Gasteiger partial charge < -0.3 is 14.2 Å². The highest BCUT2D eigenvalue weighted by molar-refractivity contribution is 7.81. The van der Waals surface area contributed by atoms with Crippen LogP contribution < -0.4 is 0 Å². The zero-order valence-corrected chi connectivity index (χ0v) is 22.8. The first kappa shape index (κ1) is 27.2. The SMILES string of the molecule is CC1(C)CCC[C@]2(C)[C@H]3CC/C(=C\OS(=O)(=O)O)[C@H](CCC4=CC(=O)N(CC(=O)O)C4)[C@@]3(C)CC[C@@H]12. The first-order chi connectivity index (χ1) is 16.7. The van der Waals surface area contributed by atoms with Gasteiger partial charge in [-0.2, -0.15) is 8.42 Å². The Bertz CT molecular complexity index is 1080. The van der Waals surface area contributed by atoms with Gasteiger partial charge in [-0.15, -0.1) is 0 Å². The van der Waals surface area contributed by atoms with Crippen LogP contribution in [0.5, 0.6) is 0 Å². The van der Waals surface area contributed by atoms with Crippen LogP contribution in [0.2, 0.25) is 0 Å². The third kappa shape index (κ3) is 5.10. The van der Waals surface area contributed by atoms with E-state index in [1.54, 1.807) is 6.08 Å². The summed E-state index contributed by atoms with van der Waals surface area (Å²) in [6.07, 6.45) is 11.7.